The summed E-state index contributed by atoms with van der Waals surface area (Å²) in [4.78, 5) is 22.9. The highest BCUT2D eigenvalue weighted by molar-refractivity contribution is 5.92. The quantitative estimate of drug-likeness (QED) is 0.354. The molecule has 0 rings (SSSR count). The second kappa shape index (κ2) is 15.5. The average molecular weight is 387 g/mol. The molecule has 0 aromatic heterocycles. The fraction of sp³-hybridized carbons (Fsp3) is 0.800. The molecule has 0 bridgehead atoms. The number of amides is 2. The van der Waals surface area contributed by atoms with Gasteiger partial charge in [0, 0.05) is 45.1 Å². The summed E-state index contributed by atoms with van der Waals surface area (Å²) in [6.45, 7) is 13.0. The molecule has 0 aliphatic carbocycles. The van der Waals surface area contributed by atoms with Crippen LogP contribution in [0.15, 0.2) is 11.6 Å². The van der Waals surface area contributed by atoms with Gasteiger partial charge >= 0.3 is 6.09 Å². The van der Waals surface area contributed by atoms with Crippen LogP contribution in [0.3, 0.4) is 0 Å². The molecule has 2 amide bonds. The van der Waals surface area contributed by atoms with Gasteiger partial charge in [-0.05, 0) is 60.3 Å². The van der Waals surface area contributed by atoms with E-state index in [1.54, 1.807) is 13.0 Å². The number of ether oxygens (including phenoxy) is 3. The Kier molecular flexibility index (Phi) is 14.5. The summed E-state index contributed by atoms with van der Waals surface area (Å²) in [7, 11) is 0. The minimum atomic E-state index is -0.470. The zero-order valence-corrected chi connectivity index (χ0v) is 17.7. The summed E-state index contributed by atoms with van der Waals surface area (Å²) in [6.07, 6.45) is 4.86. The molecule has 7 heteroatoms. The highest BCUT2D eigenvalue weighted by atomic mass is 16.6. The van der Waals surface area contributed by atoms with Gasteiger partial charge in [-0.1, -0.05) is 6.08 Å². The Morgan fingerprint density at radius 2 is 1.33 bits per heavy atom. The van der Waals surface area contributed by atoms with Gasteiger partial charge in [0.05, 0.1) is 0 Å². The first-order valence-electron chi connectivity index (χ1n) is 9.79. The maximum atomic E-state index is 11.5. The Hall–Kier alpha value is -1.60. The van der Waals surface area contributed by atoms with Crippen LogP contribution >= 0.6 is 0 Å². The van der Waals surface area contributed by atoms with Gasteiger partial charge in [0.25, 0.3) is 0 Å². The van der Waals surface area contributed by atoms with E-state index in [0.717, 1.165) is 31.3 Å². The van der Waals surface area contributed by atoms with Gasteiger partial charge in [-0.3, -0.25) is 4.79 Å². The van der Waals surface area contributed by atoms with Crippen LogP contribution < -0.4 is 10.6 Å². The van der Waals surface area contributed by atoms with Crippen molar-refractivity contribution in [2.75, 3.05) is 39.5 Å². The molecule has 0 aromatic carbocycles. The van der Waals surface area contributed by atoms with Crippen LogP contribution in [-0.4, -0.2) is 57.1 Å². The molecule has 0 atom stereocenters. The number of hydrogen-bond donors (Lipinski definition) is 2. The Bertz CT molecular complexity index is 444. The van der Waals surface area contributed by atoms with Gasteiger partial charge in [-0.2, -0.15) is 0 Å². The van der Waals surface area contributed by atoms with Crippen molar-refractivity contribution >= 4 is 12.0 Å². The van der Waals surface area contributed by atoms with E-state index in [-0.39, 0.29) is 5.91 Å². The Labute approximate surface area is 164 Å². The van der Waals surface area contributed by atoms with Crippen molar-refractivity contribution in [2.45, 2.75) is 65.9 Å². The molecule has 158 valence electrons. The van der Waals surface area contributed by atoms with Crippen LogP contribution in [0.4, 0.5) is 4.79 Å². The monoisotopic (exact) mass is 386 g/mol. The molecule has 0 spiro atoms. The van der Waals surface area contributed by atoms with Crippen LogP contribution in [0.2, 0.25) is 0 Å². The minimum absolute atomic E-state index is 0.0176. The lowest BCUT2D eigenvalue weighted by Crippen LogP contribution is -2.33. The van der Waals surface area contributed by atoms with Crippen LogP contribution in [0, 0.1) is 0 Å². The Morgan fingerprint density at radius 1 is 0.852 bits per heavy atom. The van der Waals surface area contributed by atoms with Crippen LogP contribution in [0.5, 0.6) is 0 Å². The van der Waals surface area contributed by atoms with Crippen molar-refractivity contribution in [3.8, 4) is 0 Å². The lowest BCUT2D eigenvalue weighted by molar-refractivity contribution is -0.117. The van der Waals surface area contributed by atoms with Crippen molar-refractivity contribution < 1.29 is 23.8 Å². The molecule has 27 heavy (non-hydrogen) atoms. The van der Waals surface area contributed by atoms with Crippen LogP contribution in [-0.2, 0) is 19.0 Å². The maximum absolute atomic E-state index is 11.5. The van der Waals surface area contributed by atoms with Gasteiger partial charge in [-0.25, -0.2) is 4.79 Å². The number of hydrogen-bond acceptors (Lipinski definition) is 5. The number of allylic oxidation sites excluding steroid dienone is 1. The standard InChI is InChI=1S/C20H38N2O5/c1-6-17(2)18(23)21-11-9-15-25-13-7-8-14-26-16-10-12-22-19(24)27-20(3,4)5/h6H,7-16H2,1-5H3,(H,21,23)(H,22,24). The molecule has 0 saturated heterocycles. The number of unbranched alkanes of at least 4 members (excludes halogenated alkanes) is 1. The van der Waals surface area contributed by atoms with Gasteiger partial charge in [0.2, 0.25) is 5.91 Å². The van der Waals surface area contributed by atoms with Gasteiger partial charge in [0.15, 0.2) is 0 Å². The Morgan fingerprint density at radius 3 is 1.81 bits per heavy atom. The van der Waals surface area contributed by atoms with Crippen molar-refractivity contribution in [2.24, 2.45) is 0 Å². The SMILES string of the molecule is CC=C(C)C(=O)NCCCOCCCCOCCCNC(=O)OC(C)(C)C. The molecular formula is C20H38N2O5. The van der Waals surface area contributed by atoms with E-state index in [1.165, 1.54) is 0 Å². The van der Waals surface area contributed by atoms with E-state index in [2.05, 4.69) is 10.6 Å². The molecule has 0 heterocycles. The summed E-state index contributed by atoms with van der Waals surface area (Å²) >= 11 is 0. The topological polar surface area (TPSA) is 85.9 Å². The molecule has 0 unspecified atom stereocenters. The summed E-state index contributed by atoms with van der Waals surface area (Å²) in [6, 6.07) is 0. The molecule has 0 fully saturated rings. The second-order valence-corrected chi connectivity index (χ2v) is 7.30. The molecule has 0 aromatic rings. The van der Waals surface area contributed by atoms with E-state index in [4.69, 9.17) is 14.2 Å². The first-order chi connectivity index (χ1) is 12.8. The third kappa shape index (κ3) is 17.6. The molecular weight excluding hydrogens is 348 g/mol. The van der Waals surface area contributed by atoms with Crippen molar-refractivity contribution in [3.05, 3.63) is 11.6 Å². The molecule has 2 N–H and O–H groups in total. The third-order valence-electron chi connectivity index (χ3n) is 3.50. The fourth-order valence-electron chi connectivity index (χ4n) is 1.94. The predicted molar refractivity (Wildman–Crippen MR) is 107 cm³/mol. The molecule has 7 nitrogen and oxygen atoms in total. The predicted octanol–water partition coefficient (Wildman–Crippen LogP) is 3.19. The molecule has 0 radical (unpaired) electrons. The van der Waals surface area contributed by atoms with E-state index in [9.17, 15) is 9.59 Å². The molecule has 0 saturated carbocycles. The van der Waals surface area contributed by atoms with Crippen LogP contribution in [0.1, 0.15) is 60.3 Å². The number of alkyl carbamates (subject to hydrolysis) is 1. The summed E-state index contributed by atoms with van der Waals surface area (Å²) < 4.78 is 16.2. The lowest BCUT2D eigenvalue weighted by atomic mass is 10.2. The van der Waals surface area contributed by atoms with Crippen molar-refractivity contribution in [1.29, 1.82) is 0 Å². The first-order valence-corrected chi connectivity index (χ1v) is 9.79. The number of carbonyl (C=O) groups excluding carboxylic acids is 2. The minimum Gasteiger partial charge on any atom is -0.444 e. The highest BCUT2D eigenvalue weighted by Crippen LogP contribution is 2.06. The number of nitrogens with one attached hydrogen (secondary N) is 2. The number of rotatable bonds is 14. The van der Waals surface area contributed by atoms with Crippen molar-refractivity contribution in [1.82, 2.24) is 10.6 Å². The second-order valence-electron chi connectivity index (χ2n) is 7.30. The van der Waals surface area contributed by atoms with Gasteiger partial charge in [0.1, 0.15) is 5.60 Å². The maximum Gasteiger partial charge on any atom is 0.407 e. The van der Waals surface area contributed by atoms with E-state index in [1.807, 2.05) is 27.7 Å². The first kappa shape index (κ1) is 25.4. The third-order valence-corrected chi connectivity index (χ3v) is 3.50. The van der Waals surface area contributed by atoms with Gasteiger partial charge < -0.3 is 24.8 Å². The lowest BCUT2D eigenvalue weighted by Gasteiger charge is -2.19. The molecule has 0 aliphatic heterocycles. The largest absolute Gasteiger partial charge is 0.444 e. The smallest absolute Gasteiger partial charge is 0.407 e. The average Bonchev–Trinajstić information content (AvgIpc) is 2.59. The summed E-state index contributed by atoms with van der Waals surface area (Å²) in [5.74, 6) is -0.0176. The zero-order chi connectivity index (χ0) is 20.5. The van der Waals surface area contributed by atoms with E-state index in [0.29, 0.717) is 39.5 Å². The van der Waals surface area contributed by atoms with E-state index >= 15 is 0 Å². The van der Waals surface area contributed by atoms with E-state index < -0.39 is 11.7 Å². The summed E-state index contributed by atoms with van der Waals surface area (Å²) in [5, 5.41) is 5.55. The fourth-order valence-corrected chi connectivity index (χ4v) is 1.94. The Balaban J connectivity index is 3.28. The summed E-state index contributed by atoms with van der Waals surface area (Å²) in [5.41, 5.74) is 0.263. The highest BCUT2D eigenvalue weighted by Gasteiger charge is 2.15. The molecule has 0 aliphatic rings. The van der Waals surface area contributed by atoms with Crippen molar-refractivity contribution in [3.63, 3.8) is 0 Å². The van der Waals surface area contributed by atoms with Gasteiger partial charge in [-0.15, -0.1) is 0 Å². The number of carbonyl (C=O) groups is 2. The normalized spacial score (nSPS) is 12.0. The van der Waals surface area contributed by atoms with Crippen LogP contribution in [0.25, 0.3) is 0 Å². The zero-order valence-electron chi connectivity index (χ0n) is 17.7.